The van der Waals surface area contributed by atoms with Crippen molar-refractivity contribution in [3.05, 3.63) is 65.9 Å². The predicted molar refractivity (Wildman–Crippen MR) is 112 cm³/mol. The zero-order valence-corrected chi connectivity index (χ0v) is 19.2. The molecule has 0 bridgehead atoms. The number of pyridine rings is 1. The first-order valence-corrected chi connectivity index (χ1v) is 15.7. The molecule has 0 unspecified atom stereocenters. The summed E-state index contributed by atoms with van der Waals surface area (Å²) in [5, 5.41) is 4.08. The van der Waals surface area contributed by atoms with Crippen LogP contribution in [0.1, 0.15) is 24.6 Å². The molecule has 0 atom stereocenters. The Morgan fingerprint density at radius 2 is 1.52 bits per heavy atom. The number of fused-ring (bicyclic) bond motifs is 7. The Kier molecular flexibility index (Phi) is 4.89. The number of halogens is 6. The second kappa shape index (κ2) is 6.89. The summed E-state index contributed by atoms with van der Waals surface area (Å²) in [4.78, 5) is 3.71. The van der Waals surface area contributed by atoms with Crippen LogP contribution in [0.4, 0.5) is 16.9 Å². The predicted octanol–water partition coefficient (Wildman–Crippen LogP) is 6.92. The minimum atomic E-state index is -11.2. The van der Waals surface area contributed by atoms with Gasteiger partial charge in [0.1, 0.15) is 5.69 Å². The molecule has 2 aromatic heterocycles. The topological polar surface area (TPSA) is 19.7 Å². The number of hydrogen-bond acceptors (Lipinski definition) is 0. The zero-order chi connectivity index (χ0) is 22.5. The molecule has 1 aliphatic rings. The maximum atomic E-state index is 9.93. The summed E-state index contributed by atoms with van der Waals surface area (Å²) in [7, 11) is 0. The number of benzene rings is 2. The van der Waals surface area contributed by atoms with Crippen LogP contribution in [-0.4, -0.2) is 24.5 Å². The molecule has 0 saturated carbocycles. The van der Waals surface area contributed by atoms with Crippen LogP contribution in [0.25, 0.3) is 33.1 Å². The SMILES string of the molecule is CCCc1cc2ccccc2c2[n+]1CCc1c-2[nH]c2ccccc12.[F][Sb-]([F])([F])([F])([F])[F]. The Hall–Kier alpha value is -2.21. The number of aryl methyl sites for hydroxylation is 2. The average molecular weight is 549 g/mol. The zero-order valence-electron chi connectivity index (χ0n) is 16.7. The molecular formula is C22H21F6N2Sb. The van der Waals surface area contributed by atoms with E-state index in [2.05, 4.69) is 71.1 Å². The first kappa shape index (κ1) is 22.0. The summed E-state index contributed by atoms with van der Waals surface area (Å²) in [6.07, 6.45) is 3.41. The van der Waals surface area contributed by atoms with Gasteiger partial charge in [0.05, 0.1) is 5.39 Å². The molecule has 5 rings (SSSR count). The van der Waals surface area contributed by atoms with Gasteiger partial charge in [-0.3, -0.25) is 0 Å². The first-order valence-electron chi connectivity index (χ1n) is 9.92. The van der Waals surface area contributed by atoms with Gasteiger partial charge in [0.15, 0.2) is 12.2 Å². The van der Waals surface area contributed by atoms with Crippen LogP contribution < -0.4 is 4.57 Å². The van der Waals surface area contributed by atoms with Crippen LogP contribution in [0, 0.1) is 0 Å². The van der Waals surface area contributed by atoms with Crippen molar-refractivity contribution in [2.45, 2.75) is 32.7 Å². The fourth-order valence-corrected chi connectivity index (χ4v) is 4.26. The summed E-state index contributed by atoms with van der Waals surface area (Å²) < 4.78 is 62.1. The van der Waals surface area contributed by atoms with E-state index in [1.54, 1.807) is 0 Å². The van der Waals surface area contributed by atoms with Gasteiger partial charge >= 0.3 is 36.4 Å². The van der Waals surface area contributed by atoms with E-state index in [0.717, 1.165) is 19.4 Å². The molecule has 9 heteroatoms. The number of H-pyrrole nitrogens is 1. The quantitative estimate of drug-likeness (QED) is 0.159. The molecule has 0 amide bonds. The van der Waals surface area contributed by atoms with Crippen LogP contribution in [0.3, 0.4) is 0 Å². The van der Waals surface area contributed by atoms with E-state index in [9.17, 15) is 16.9 Å². The molecule has 31 heavy (non-hydrogen) atoms. The van der Waals surface area contributed by atoms with E-state index in [4.69, 9.17) is 0 Å². The third kappa shape index (κ3) is 5.17. The summed E-state index contributed by atoms with van der Waals surface area (Å²) in [5.74, 6) is 0. The van der Waals surface area contributed by atoms with E-state index < -0.39 is 19.5 Å². The normalized spacial score (nSPS) is 15.5. The second-order valence-corrected chi connectivity index (χ2v) is 13.2. The molecule has 0 spiro atoms. The molecule has 0 radical (unpaired) electrons. The van der Waals surface area contributed by atoms with E-state index in [1.165, 1.54) is 50.7 Å². The molecular weight excluding hydrogens is 528 g/mol. The molecule has 2 nitrogen and oxygen atoms in total. The molecule has 0 saturated heterocycles. The van der Waals surface area contributed by atoms with E-state index in [-0.39, 0.29) is 0 Å². The number of nitrogens with one attached hydrogen (secondary N) is 1. The van der Waals surface area contributed by atoms with Gasteiger partial charge in [-0.2, -0.15) is 4.57 Å². The molecule has 4 aromatic rings. The Morgan fingerprint density at radius 3 is 2.19 bits per heavy atom. The molecule has 0 aliphatic carbocycles. The van der Waals surface area contributed by atoms with Crippen molar-refractivity contribution in [3.63, 3.8) is 0 Å². The third-order valence-electron chi connectivity index (χ3n) is 5.30. The number of para-hydroxylation sites is 1. The van der Waals surface area contributed by atoms with Crippen molar-refractivity contribution < 1.29 is 21.4 Å². The van der Waals surface area contributed by atoms with Crippen LogP contribution in [0.2, 0.25) is 0 Å². The summed E-state index contributed by atoms with van der Waals surface area (Å²) in [5.41, 5.74) is 6.87. The third-order valence-corrected chi connectivity index (χ3v) is 5.30. The fraction of sp³-hybridized carbons (Fsp3) is 0.227. The number of rotatable bonds is 2. The van der Waals surface area contributed by atoms with Gasteiger partial charge in [-0.15, -0.1) is 0 Å². The molecule has 1 aliphatic heterocycles. The van der Waals surface area contributed by atoms with Crippen LogP contribution in [0.15, 0.2) is 54.6 Å². The minimum absolute atomic E-state index is 1.07. The van der Waals surface area contributed by atoms with E-state index in [1.807, 2.05) is 0 Å². The van der Waals surface area contributed by atoms with Gasteiger partial charge in [-0.25, -0.2) is 0 Å². The van der Waals surface area contributed by atoms with Crippen molar-refractivity contribution >= 4 is 41.2 Å². The Bertz CT molecular complexity index is 1280. The van der Waals surface area contributed by atoms with Gasteiger partial charge in [0, 0.05) is 29.8 Å². The van der Waals surface area contributed by atoms with Crippen molar-refractivity contribution in [2.75, 3.05) is 0 Å². The summed E-state index contributed by atoms with van der Waals surface area (Å²) in [6.45, 7) is 3.34. The van der Waals surface area contributed by atoms with Crippen molar-refractivity contribution in [2.24, 2.45) is 0 Å². The van der Waals surface area contributed by atoms with Crippen molar-refractivity contribution in [1.29, 1.82) is 0 Å². The van der Waals surface area contributed by atoms with Gasteiger partial charge in [0.25, 0.3) is 0 Å². The molecule has 3 heterocycles. The van der Waals surface area contributed by atoms with E-state index in [0.29, 0.717) is 0 Å². The second-order valence-electron chi connectivity index (χ2n) is 7.71. The van der Waals surface area contributed by atoms with Gasteiger partial charge < -0.3 is 4.98 Å². The standard InChI is InChI=1S/C22H20N2.6FH.Sb/c1-2-7-16-14-15-8-3-4-9-17(15)22-21-19(12-13-24(16)22)18-10-5-6-11-20(18)23-21;;;;;;;/h3-6,8-11,14H,2,7,12-13H2,1H3;6*1H;/q;;;;;;;+5/p-5. The van der Waals surface area contributed by atoms with Gasteiger partial charge in [-0.05, 0) is 29.5 Å². The number of hydrogen-bond donors (Lipinski definition) is 1. The molecule has 166 valence electrons. The first-order chi connectivity index (χ1) is 14.3. The van der Waals surface area contributed by atoms with Gasteiger partial charge in [-0.1, -0.05) is 43.3 Å². The Balaban J connectivity index is 0.000000289. The molecule has 2 aromatic carbocycles. The number of aromatic amines is 1. The molecule has 0 fully saturated rings. The van der Waals surface area contributed by atoms with Crippen LogP contribution in [-0.2, 0) is 19.4 Å². The van der Waals surface area contributed by atoms with Crippen LogP contribution >= 0.6 is 0 Å². The van der Waals surface area contributed by atoms with Crippen molar-refractivity contribution in [3.8, 4) is 11.4 Å². The summed E-state index contributed by atoms with van der Waals surface area (Å²) >= 11 is -11.2. The Morgan fingerprint density at radius 1 is 0.903 bits per heavy atom. The van der Waals surface area contributed by atoms with Crippen LogP contribution in [0.5, 0.6) is 0 Å². The number of nitrogens with zero attached hydrogens (tertiary/aromatic N) is 1. The van der Waals surface area contributed by atoms with E-state index >= 15 is 0 Å². The summed E-state index contributed by atoms with van der Waals surface area (Å²) in [6, 6.07) is 19.9. The fourth-order valence-electron chi connectivity index (χ4n) is 4.26. The average Bonchev–Trinajstić information content (AvgIpc) is 3.04. The van der Waals surface area contributed by atoms with Crippen molar-refractivity contribution in [1.82, 2.24) is 4.98 Å². The van der Waals surface area contributed by atoms with Gasteiger partial charge in [0.2, 0.25) is 5.69 Å². The monoisotopic (exact) mass is 548 g/mol. The Labute approximate surface area is 177 Å². The number of aromatic nitrogens is 2. The molecule has 1 N–H and O–H groups in total. The maximum absolute atomic E-state index is 11.2.